The molecule has 1 fully saturated rings. The molecule has 0 spiro atoms. The second kappa shape index (κ2) is 5.49. The minimum atomic E-state index is -3.99. The highest BCUT2D eigenvalue weighted by Crippen LogP contribution is 2.33. The Morgan fingerprint density at radius 2 is 2.10 bits per heavy atom. The van der Waals surface area contributed by atoms with E-state index in [0.29, 0.717) is 13.0 Å². The summed E-state index contributed by atoms with van der Waals surface area (Å²) in [6, 6.07) is 2.73. The fourth-order valence-corrected chi connectivity index (χ4v) is 3.91. The first-order valence-corrected chi connectivity index (χ1v) is 7.86. The maximum Gasteiger partial charge on any atom is 0.335 e. The summed E-state index contributed by atoms with van der Waals surface area (Å²) < 4.78 is 40.1. The topological polar surface area (TPSA) is 74.7 Å². The van der Waals surface area contributed by atoms with Gasteiger partial charge in [0.1, 0.15) is 10.7 Å². The average molecular weight is 301 g/mol. The fourth-order valence-electron chi connectivity index (χ4n) is 2.04. The average Bonchev–Trinajstić information content (AvgIpc) is 3.19. The van der Waals surface area contributed by atoms with Crippen LogP contribution in [-0.2, 0) is 10.0 Å². The van der Waals surface area contributed by atoms with Gasteiger partial charge in [-0.25, -0.2) is 17.6 Å². The van der Waals surface area contributed by atoms with Crippen LogP contribution in [0.5, 0.6) is 0 Å². The largest absolute Gasteiger partial charge is 0.478 e. The van der Waals surface area contributed by atoms with Gasteiger partial charge in [0.2, 0.25) is 10.0 Å². The SMILES string of the molecule is CCCN(C1CC1)S(=O)(=O)c1cc(C(=O)O)ccc1F. The zero-order valence-corrected chi connectivity index (χ0v) is 11.9. The monoisotopic (exact) mass is 301 g/mol. The molecule has 0 aliphatic heterocycles. The third-order valence-electron chi connectivity index (χ3n) is 3.16. The summed E-state index contributed by atoms with van der Waals surface area (Å²) in [7, 11) is -3.99. The number of carboxylic acids is 1. The van der Waals surface area contributed by atoms with E-state index in [0.717, 1.165) is 31.0 Å². The van der Waals surface area contributed by atoms with Gasteiger partial charge in [0.15, 0.2) is 0 Å². The lowest BCUT2D eigenvalue weighted by Gasteiger charge is -2.21. The number of sulfonamides is 1. The van der Waals surface area contributed by atoms with Crippen LogP contribution in [0.2, 0.25) is 0 Å². The molecule has 110 valence electrons. The van der Waals surface area contributed by atoms with E-state index in [9.17, 15) is 17.6 Å². The van der Waals surface area contributed by atoms with E-state index >= 15 is 0 Å². The number of nitrogens with zero attached hydrogens (tertiary/aromatic N) is 1. The Balaban J connectivity index is 2.47. The summed E-state index contributed by atoms with van der Waals surface area (Å²) in [5, 5.41) is 8.90. The first-order valence-electron chi connectivity index (χ1n) is 6.42. The molecule has 0 amide bonds. The summed E-state index contributed by atoms with van der Waals surface area (Å²) in [5.74, 6) is -2.20. The minimum absolute atomic E-state index is 0.0900. The zero-order valence-electron chi connectivity index (χ0n) is 11.0. The first-order chi connectivity index (χ1) is 9.37. The molecule has 1 aliphatic rings. The van der Waals surface area contributed by atoms with E-state index in [-0.39, 0.29) is 11.6 Å². The van der Waals surface area contributed by atoms with Crippen molar-refractivity contribution < 1.29 is 22.7 Å². The number of hydrogen-bond donors (Lipinski definition) is 1. The molecule has 1 aliphatic carbocycles. The number of carboxylic acid groups (broad SMARTS) is 1. The smallest absolute Gasteiger partial charge is 0.335 e. The van der Waals surface area contributed by atoms with Gasteiger partial charge in [0.05, 0.1) is 5.56 Å². The molecule has 0 atom stereocenters. The summed E-state index contributed by atoms with van der Waals surface area (Å²) in [6.45, 7) is 2.15. The molecule has 1 saturated carbocycles. The number of carbonyl (C=O) groups is 1. The standard InChI is InChI=1S/C13H16FNO4S/c1-2-7-15(10-4-5-10)20(18,19)12-8-9(13(16)17)3-6-11(12)14/h3,6,8,10H,2,4-5,7H2,1H3,(H,16,17). The lowest BCUT2D eigenvalue weighted by atomic mass is 10.2. The highest BCUT2D eigenvalue weighted by atomic mass is 32.2. The molecule has 0 saturated heterocycles. The van der Waals surface area contributed by atoms with Gasteiger partial charge in [-0.15, -0.1) is 0 Å². The Hall–Kier alpha value is -1.47. The number of halogens is 1. The lowest BCUT2D eigenvalue weighted by molar-refractivity contribution is 0.0696. The summed E-state index contributed by atoms with van der Waals surface area (Å²) >= 11 is 0. The van der Waals surface area contributed by atoms with Crippen LogP contribution in [0.1, 0.15) is 36.5 Å². The van der Waals surface area contributed by atoms with Crippen LogP contribution in [0.25, 0.3) is 0 Å². The predicted octanol–water partition coefficient (Wildman–Crippen LogP) is 2.09. The van der Waals surface area contributed by atoms with Crippen molar-refractivity contribution in [2.24, 2.45) is 0 Å². The maximum atomic E-state index is 13.8. The normalized spacial score (nSPS) is 15.6. The molecule has 0 radical (unpaired) electrons. The summed E-state index contributed by atoms with van der Waals surface area (Å²) in [6.07, 6.45) is 2.15. The van der Waals surface area contributed by atoms with Gasteiger partial charge < -0.3 is 5.11 Å². The maximum absolute atomic E-state index is 13.8. The van der Waals surface area contributed by atoms with E-state index < -0.39 is 26.7 Å². The predicted molar refractivity (Wildman–Crippen MR) is 70.6 cm³/mol. The Morgan fingerprint density at radius 1 is 1.45 bits per heavy atom. The molecule has 0 aromatic heterocycles. The van der Waals surface area contributed by atoms with E-state index in [1.807, 2.05) is 6.92 Å². The van der Waals surface area contributed by atoms with E-state index in [4.69, 9.17) is 5.11 Å². The molecule has 1 N–H and O–H groups in total. The molecule has 0 heterocycles. The number of aromatic carboxylic acids is 1. The number of hydrogen-bond acceptors (Lipinski definition) is 3. The van der Waals surface area contributed by atoms with Crippen molar-refractivity contribution in [3.63, 3.8) is 0 Å². The lowest BCUT2D eigenvalue weighted by Crippen LogP contribution is -2.34. The quantitative estimate of drug-likeness (QED) is 0.873. The third-order valence-corrected chi connectivity index (χ3v) is 5.13. The molecule has 5 nitrogen and oxygen atoms in total. The molecule has 0 unspecified atom stereocenters. The molecule has 2 rings (SSSR count). The highest BCUT2D eigenvalue weighted by Gasteiger charge is 2.38. The van der Waals surface area contributed by atoms with Crippen LogP contribution < -0.4 is 0 Å². The van der Waals surface area contributed by atoms with Crippen molar-refractivity contribution in [3.8, 4) is 0 Å². The highest BCUT2D eigenvalue weighted by molar-refractivity contribution is 7.89. The van der Waals surface area contributed by atoms with Gasteiger partial charge in [-0.2, -0.15) is 4.31 Å². The third kappa shape index (κ3) is 2.83. The van der Waals surface area contributed by atoms with Crippen molar-refractivity contribution in [2.45, 2.75) is 37.1 Å². The van der Waals surface area contributed by atoms with Crippen LogP contribution in [0.15, 0.2) is 23.1 Å². The second-order valence-electron chi connectivity index (χ2n) is 4.80. The molecule has 1 aromatic rings. The van der Waals surface area contributed by atoms with Gasteiger partial charge in [-0.05, 0) is 37.5 Å². The summed E-state index contributed by atoms with van der Waals surface area (Å²) in [5.41, 5.74) is -0.239. The fraction of sp³-hybridized carbons (Fsp3) is 0.462. The van der Waals surface area contributed by atoms with Gasteiger partial charge in [0, 0.05) is 12.6 Å². The Bertz CT molecular complexity index is 625. The van der Waals surface area contributed by atoms with Crippen molar-refractivity contribution in [3.05, 3.63) is 29.6 Å². The van der Waals surface area contributed by atoms with E-state index in [1.54, 1.807) is 0 Å². The Labute approximate surface area is 117 Å². The molecule has 0 bridgehead atoms. The molecule has 20 heavy (non-hydrogen) atoms. The van der Waals surface area contributed by atoms with Gasteiger partial charge in [-0.3, -0.25) is 0 Å². The van der Waals surface area contributed by atoms with Crippen molar-refractivity contribution in [2.75, 3.05) is 6.54 Å². The summed E-state index contributed by atoms with van der Waals surface area (Å²) in [4.78, 5) is 10.3. The van der Waals surface area contributed by atoms with Crippen LogP contribution in [-0.4, -0.2) is 36.4 Å². The Kier molecular flexibility index (Phi) is 4.10. The van der Waals surface area contributed by atoms with Crippen molar-refractivity contribution >= 4 is 16.0 Å². The van der Waals surface area contributed by atoms with Gasteiger partial charge >= 0.3 is 5.97 Å². The van der Waals surface area contributed by atoms with Gasteiger partial charge in [-0.1, -0.05) is 6.92 Å². The zero-order chi connectivity index (χ0) is 14.9. The minimum Gasteiger partial charge on any atom is -0.478 e. The van der Waals surface area contributed by atoms with Crippen LogP contribution in [0, 0.1) is 5.82 Å². The van der Waals surface area contributed by atoms with Crippen molar-refractivity contribution in [1.82, 2.24) is 4.31 Å². The van der Waals surface area contributed by atoms with Crippen LogP contribution in [0.3, 0.4) is 0 Å². The number of rotatable bonds is 6. The second-order valence-corrected chi connectivity index (χ2v) is 6.66. The molecular formula is C13H16FNO4S. The molecular weight excluding hydrogens is 285 g/mol. The van der Waals surface area contributed by atoms with Gasteiger partial charge in [0.25, 0.3) is 0 Å². The first kappa shape index (κ1) is 14.9. The van der Waals surface area contributed by atoms with E-state index in [1.165, 1.54) is 4.31 Å². The molecule has 1 aromatic carbocycles. The van der Waals surface area contributed by atoms with Crippen LogP contribution >= 0.6 is 0 Å². The molecule has 7 heteroatoms. The van der Waals surface area contributed by atoms with Crippen LogP contribution in [0.4, 0.5) is 4.39 Å². The van der Waals surface area contributed by atoms with E-state index in [2.05, 4.69) is 0 Å². The van der Waals surface area contributed by atoms with Crippen molar-refractivity contribution in [1.29, 1.82) is 0 Å². The number of benzene rings is 1. The Morgan fingerprint density at radius 3 is 2.60 bits per heavy atom.